The lowest BCUT2D eigenvalue weighted by atomic mass is 10.0. The summed E-state index contributed by atoms with van der Waals surface area (Å²) in [6.07, 6.45) is 2.76. The van der Waals surface area contributed by atoms with E-state index in [0.29, 0.717) is 12.3 Å². The Labute approximate surface area is 105 Å². The van der Waals surface area contributed by atoms with Gasteiger partial charge in [-0.2, -0.15) is 0 Å². The molecule has 90 valence electrons. The molecule has 0 aliphatic heterocycles. The van der Waals surface area contributed by atoms with Crippen LogP contribution in [0.15, 0.2) is 10.5 Å². The van der Waals surface area contributed by atoms with E-state index >= 15 is 0 Å². The van der Waals surface area contributed by atoms with E-state index < -0.39 is 0 Å². The fraction of sp³-hybridized carbons (Fsp3) is 0.500. The van der Waals surface area contributed by atoms with Crippen molar-refractivity contribution in [3.8, 4) is 11.5 Å². The Bertz CT molecular complexity index is 367. The highest BCUT2D eigenvalue weighted by atomic mass is 79.9. The highest BCUT2D eigenvalue weighted by molar-refractivity contribution is 9.10. The van der Waals surface area contributed by atoms with Crippen LogP contribution in [0.4, 0.5) is 0 Å². The molecule has 1 rings (SSSR count). The number of aromatic hydroxyl groups is 1. The fourth-order valence-corrected chi connectivity index (χ4v) is 2.12. The van der Waals surface area contributed by atoms with Gasteiger partial charge in [-0.05, 0) is 44.4 Å². The van der Waals surface area contributed by atoms with Gasteiger partial charge in [0.25, 0.3) is 0 Å². The predicted molar refractivity (Wildman–Crippen MR) is 69.1 cm³/mol. The van der Waals surface area contributed by atoms with Crippen molar-refractivity contribution < 1.29 is 9.84 Å². The van der Waals surface area contributed by atoms with Crippen LogP contribution in [0.5, 0.6) is 11.5 Å². The Morgan fingerprint density at radius 3 is 2.69 bits per heavy atom. The lowest BCUT2D eigenvalue weighted by Crippen LogP contribution is -2.00. The molecule has 1 aromatic carbocycles. The highest BCUT2D eigenvalue weighted by Gasteiger charge is 2.13. The minimum atomic E-state index is 0.250. The van der Waals surface area contributed by atoms with E-state index in [-0.39, 0.29) is 5.75 Å². The Balaban J connectivity index is 2.96. The molecule has 3 N–H and O–H groups in total. The summed E-state index contributed by atoms with van der Waals surface area (Å²) in [5.41, 5.74) is 7.27. The maximum atomic E-state index is 10.0. The van der Waals surface area contributed by atoms with Crippen molar-refractivity contribution in [2.24, 2.45) is 5.73 Å². The van der Waals surface area contributed by atoms with Crippen LogP contribution >= 0.6 is 15.9 Å². The van der Waals surface area contributed by atoms with Crippen LogP contribution in [0, 0.1) is 6.92 Å². The lowest BCUT2D eigenvalue weighted by Gasteiger charge is -2.13. The highest BCUT2D eigenvalue weighted by Crippen LogP contribution is 2.38. The Hall–Kier alpha value is -0.740. The zero-order valence-electron chi connectivity index (χ0n) is 9.72. The Morgan fingerprint density at radius 2 is 2.12 bits per heavy atom. The number of rotatable bonds is 5. The summed E-state index contributed by atoms with van der Waals surface area (Å²) >= 11 is 3.47. The summed E-state index contributed by atoms with van der Waals surface area (Å²) < 4.78 is 6.16. The van der Waals surface area contributed by atoms with E-state index in [1.165, 1.54) is 0 Å². The Morgan fingerprint density at radius 1 is 1.44 bits per heavy atom. The molecule has 0 heterocycles. The Kier molecular flexibility index (Phi) is 5.09. The third-order valence-electron chi connectivity index (χ3n) is 2.62. The van der Waals surface area contributed by atoms with E-state index in [1.807, 2.05) is 13.0 Å². The molecule has 0 saturated heterocycles. The smallest absolute Gasteiger partial charge is 0.164 e. The second-order valence-electron chi connectivity index (χ2n) is 3.77. The molecule has 0 spiro atoms. The SMILES string of the molecule is COc1c(C)c(Br)cc(CCCCN)c1O. The molecule has 16 heavy (non-hydrogen) atoms. The van der Waals surface area contributed by atoms with E-state index in [9.17, 15) is 5.11 Å². The first-order chi connectivity index (χ1) is 7.61. The number of ether oxygens (including phenoxy) is 1. The summed E-state index contributed by atoms with van der Waals surface area (Å²) in [6, 6.07) is 1.95. The van der Waals surface area contributed by atoms with E-state index in [4.69, 9.17) is 10.5 Å². The van der Waals surface area contributed by atoms with Gasteiger partial charge in [-0.1, -0.05) is 15.9 Å². The molecular weight excluding hydrogens is 270 g/mol. The molecule has 0 aromatic heterocycles. The van der Waals surface area contributed by atoms with Crippen LogP contribution < -0.4 is 10.5 Å². The summed E-state index contributed by atoms with van der Waals surface area (Å²) in [7, 11) is 1.57. The van der Waals surface area contributed by atoms with Gasteiger partial charge in [0, 0.05) is 10.0 Å². The van der Waals surface area contributed by atoms with Crippen molar-refractivity contribution in [2.75, 3.05) is 13.7 Å². The third kappa shape index (κ3) is 2.89. The topological polar surface area (TPSA) is 55.5 Å². The molecule has 0 radical (unpaired) electrons. The number of unbranched alkanes of at least 4 members (excludes halogenated alkanes) is 1. The predicted octanol–water partition coefficient (Wildman–Crippen LogP) is 2.75. The molecule has 0 aliphatic rings. The first-order valence-corrected chi connectivity index (χ1v) is 6.16. The van der Waals surface area contributed by atoms with Gasteiger partial charge in [-0.15, -0.1) is 0 Å². The van der Waals surface area contributed by atoms with Crippen LogP contribution in [-0.2, 0) is 6.42 Å². The van der Waals surface area contributed by atoms with Crippen LogP contribution in [-0.4, -0.2) is 18.8 Å². The zero-order chi connectivity index (χ0) is 12.1. The standard InChI is InChI=1S/C12H18BrNO2/c1-8-10(13)7-9(5-3-4-6-14)11(15)12(8)16-2/h7,15H,3-6,14H2,1-2H3. The second-order valence-corrected chi connectivity index (χ2v) is 4.62. The molecule has 0 aliphatic carbocycles. The largest absolute Gasteiger partial charge is 0.504 e. The van der Waals surface area contributed by atoms with Gasteiger partial charge in [-0.25, -0.2) is 0 Å². The monoisotopic (exact) mass is 287 g/mol. The van der Waals surface area contributed by atoms with Gasteiger partial charge in [0.2, 0.25) is 0 Å². The van der Waals surface area contributed by atoms with Crippen LogP contribution in [0.2, 0.25) is 0 Å². The van der Waals surface area contributed by atoms with Gasteiger partial charge in [0.1, 0.15) is 0 Å². The van der Waals surface area contributed by atoms with Gasteiger partial charge in [0.05, 0.1) is 7.11 Å². The maximum absolute atomic E-state index is 10.0. The lowest BCUT2D eigenvalue weighted by molar-refractivity contribution is 0.367. The molecule has 0 atom stereocenters. The van der Waals surface area contributed by atoms with Crippen LogP contribution in [0.25, 0.3) is 0 Å². The number of hydrogen-bond donors (Lipinski definition) is 2. The average Bonchev–Trinajstić information content (AvgIpc) is 2.26. The van der Waals surface area contributed by atoms with E-state index in [2.05, 4.69) is 15.9 Å². The molecule has 4 heteroatoms. The number of hydrogen-bond acceptors (Lipinski definition) is 3. The molecule has 1 aromatic rings. The quantitative estimate of drug-likeness (QED) is 0.819. The summed E-state index contributed by atoms with van der Waals surface area (Å²) in [6.45, 7) is 2.59. The number of phenols is 1. The number of phenolic OH excluding ortho intramolecular Hbond substituents is 1. The maximum Gasteiger partial charge on any atom is 0.164 e. The minimum absolute atomic E-state index is 0.250. The third-order valence-corrected chi connectivity index (χ3v) is 3.45. The summed E-state index contributed by atoms with van der Waals surface area (Å²) in [5.74, 6) is 0.803. The average molecular weight is 288 g/mol. The molecule has 0 amide bonds. The van der Waals surface area contributed by atoms with Gasteiger partial charge < -0.3 is 15.6 Å². The molecule has 3 nitrogen and oxygen atoms in total. The summed E-state index contributed by atoms with van der Waals surface area (Å²) in [4.78, 5) is 0. The number of halogens is 1. The normalized spacial score (nSPS) is 10.5. The molecule has 0 bridgehead atoms. The van der Waals surface area contributed by atoms with Gasteiger partial charge >= 0.3 is 0 Å². The first-order valence-electron chi connectivity index (χ1n) is 5.36. The van der Waals surface area contributed by atoms with Crippen molar-refractivity contribution >= 4 is 15.9 Å². The molecular formula is C12H18BrNO2. The van der Waals surface area contributed by atoms with E-state index in [0.717, 1.165) is 34.9 Å². The number of methoxy groups -OCH3 is 1. The van der Waals surface area contributed by atoms with Crippen molar-refractivity contribution in [3.05, 3.63) is 21.7 Å². The molecule has 0 unspecified atom stereocenters. The summed E-state index contributed by atoms with van der Waals surface area (Å²) in [5, 5.41) is 10.0. The van der Waals surface area contributed by atoms with Crippen LogP contribution in [0.1, 0.15) is 24.0 Å². The molecule has 0 fully saturated rings. The minimum Gasteiger partial charge on any atom is -0.504 e. The van der Waals surface area contributed by atoms with Crippen molar-refractivity contribution in [1.29, 1.82) is 0 Å². The zero-order valence-corrected chi connectivity index (χ0v) is 11.3. The van der Waals surface area contributed by atoms with Crippen LogP contribution in [0.3, 0.4) is 0 Å². The fourth-order valence-electron chi connectivity index (χ4n) is 1.66. The number of benzene rings is 1. The number of nitrogens with two attached hydrogens (primary N) is 1. The second kappa shape index (κ2) is 6.11. The first kappa shape index (κ1) is 13.3. The number of aryl methyl sites for hydroxylation is 1. The van der Waals surface area contributed by atoms with E-state index in [1.54, 1.807) is 7.11 Å². The van der Waals surface area contributed by atoms with Crippen molar-refractivity contribution in [3.63, 3.8) is 0 Å². The van der Waals surface area contributed by atoms with Crippen molar-refractivity contribution in [1.82, 2.24) is 0 Å². The molecule has 0 saturated carbocycles. The van der Waals surface area contributed by atoms with Crippen molar-refractivity contribution in [2.45, 2.75) is 26.2 Å². The van der Waals surface area contributed by atoms with Gasteiger partial charge in [-0.3, -0.25) is 0 Å². The van der Waals surface area contributed by atoms with Gasteiger partial charge in [0.15, 0.2) is 11.5 Å².